The summed E-state index contributed by atoms with van der Waals surface area (Å²) in [5.41, 5.74) is 0.115. The molecular weight excluding hydrogens is 321 g/mol. The maximum Gasteiger partial charge on any atom is 0.418 e. The topological polar surface area (TPSA) is 60.7 Å². The zero-order chi connectivity index (χ0) is 17.5. The molecule has 0 bridgehead atoms. The maximum absolute atomic E-state index is 13.2. The van der Waals surface area contributed by atoms with Gasteiger partial charge in [-0.15, -0.1) is 0 Å². The second-order valence-corrected chi connectivity index (χ2v) is 5.43. The lowest BCUT2D eigenvalue weighted by Gasteiger charge is -2.14. The van der Waals surface area contributed by atoms with Crippen LogP contribution in [0.3, 0.4) is 0 Å². The highest BCUT2D eigenvalue weighted by atomic mass is 19.4. The average Bonchev–Trinajstić information content (AvgIpc) is 2.52. The Labute approximate surface area is 134 Å². The summed E-state index contributed by atoms with van der Waals surface area (Å²) in [4.78, 5) is 24.7. The Kier molecular flexibility index (Phi) is 3.82. The van der Waals surface area contributed by atoms with E-state index in [0.717, 1.165) is 6.07 Å². The van der Waals surface area contributed by atoms with Gasteiger partial charge in [0.15, 0.2) is 5.65 Å². The molecule has 8 heteroatoms. The van der Waals surface area contributed by atoms with E-state index in [1.165, 1.54) is 16.8 Å². The normalized spacial score (nSPS) is 11.9. The fourth-order valence-electron chi connectivity index (χ4n) is 2.47. The molecule has 0 aliphatic carbocycles. The van der Waals surface area contributed by atoms with Crippen LogP contribution in [-0.4, -0.2) is 19.5 Å². The van der Waals surface area contributed by atoms with Crippen LogP contribution < -0.4 is 5.56 Å². The number of rotatable bonds is 2. The Bertz CT molecular complexity index is 979. The maximum atomic E-state index is 13.2. The molecule has 3 aromatic rings. The molecule has 0 aliphatic rings. The third-order valence-electron chi connectivity index (χ3n) is 3.60. The highest BCUT2D eigenvalue weighted by Gasteiger charge is 2.34. The van der Waals surface area contributed by atoms with Crippen molar-refractivity contribution in [1.82, 2.24) is 19.5 Å². The molecule has 0 aliphatic heterocycles. The molecule has 0 N–H and O–H groups in total. The summed E-state index contributed by atoms with van der Waals surface area (Å²) in [7, 11) is 0. The lowest BCUT2D eigenvalue weighted by Crippen LogP contribution is -2.26. The van der Waals surface area contributed by atoms with Crippen LogP contribution in [0, 0.1) is 13.8 Å². The number of pyridine rings is 2. The Hall–Kier alpha value is -2.77. The predicted molar refractivity (Wildman–Crippen MR) is 81.6 cm³/mol. The summed E-state index contributed by atoms with van der Waals surface area (Å²) >= 11 is 0. The molecule has 24 heavy (non-hydrogen) atoms. The first-order chi connectivity index (χ1) is 11.3. The van der Waals surface area contributed by atoms with E-state index in [9.17, 15) is 18.0 Å². The molecule has 3 rings (SSSR count). The van der Waals surface area contributed by atoms with Gasteiger partial charge in [-0.25, -0.2) is 4.98 Å². The van der Waals surface area contributed by atoms with Crippen molar-refractivity contribution in [2.75, 3.05) is 0 Å². The van der Waals surface area contributed by atoms with E-state index in [-0.39, 0.29) is 17.9 Å². The van der Waals surface area contributed by atoms with Crippen molar-refractivity contribution in [1.29, 1.82) is 0 Å². The Balaban J connectivity index is 2.24. The van der Waals surface area contributed by atoms with Crippen molar-refractivity contribution in [3.8, 4) is 0 Å². The van der Waals surface area contributed by atoms with Crippen LogP contribution in [0.2, 0.25) is 0 Å². The third-order valence-corrected chi connectivity index (χ3v) is 3.60. The number of hydrogen-bond donors (Lipinski definition) is 0. The lowest BCUT2D eigenvalue weighted by atomic mass is 10.1. The van der Waals surface area contributed by atoms with Gasteiger partial charge in [0.05, 0.1) is 23.5 Å². The van der Waals surface area contributed by atoms with Crippen LogP contribution in [0.4, 0.5) is 13.2 Å². The van der Waals surface area contributed by atoms with E-state index in [1.54, 1.807) is 26.1 Å². The summed E-state index contributed by atoms with van der Waals surface area (Å²) in [5.74, 6) is 0. The van der Waals surface area contributed by atoms with Gasteiger partial charge in [0.25, 0.3) is 5.56 Å². The van der Waals surface area contributed by atoms with Gasteiger partial charge in [0, 0.05) is 18.0 Å². The number of hydrogen-bond acceptors (Lipinski definition) is 4. The minimum atomic E-state index is -4.55. The van der Waals surface area contributed by atoms with E-state index in [1.807, 2.05) is 0 Å². The molecule has 5 nitrogen and oxygen atoms in total. The van der Waals surface area contributed by atoms with Gasteiger partial charge in [-0.1, -0.05) is 0 Å². The van der Waals surface area contributed by atoms with Crippen LogP contribution in [0.1, 0.15) is 22.5 Å². The van der Waals surface area contributed by atoms with E-state index in [2.05, 4.69) is 15.0 Å². The SMILES string of the molecule is Cc1cnc2cc(C)c(=O)n(Cc3ncccc3C(F)(F)F)c2n1. The van der Waals surface area contributed by atoms with Crippen LogP contribution in [0.15, 0.2) is 35.4 Å². The van der Waals surface area contributed by atoms with Gasteiger partial charge in [-0.3, -0.25) is 19.3 Å². The van der Waals surface area contributed by atoms with Crippen LogP contribution >= 0.6 is 0 Å². The molecule has 0 atom stereocenters. The summed E-state index contributed by atoms with van der Waals surface area (Å²) in [6.45, 7) is 2.96. The van der Waals surface area contributed by atoms with E-state index < -0.39 is 17.3 Å². The molecule has 0 spiro atoms. The molecule has 0 unspecified atom stereocenters. The molecule has 124 valence electrons. The molecule has 3 heterocycles. The van der Waals surface area contributed by atoms with Gasteiger partial charge in [0.1, 0.15) is 5.52 Å². The smallest absolute Gasteiger partial charge is 0.285 e. The van der Waals surface area contributed by atoms with Crippen molar-refractivity contribution in [3.05, 3.63) is 63.5 Å². The van der Waals surface area contributed by atoms with Crippen molar-refractivity contribution >= 4 is 11.2 Å². The highest BCUT2D eigenvalue weighted by Crippen LogP contribution is 2.31. The second kappa shape index (κ2) is 5.70. The number of aryl methyl sites for hydroxylation is 2. The average molecular weight is 334 g/mol. The van der Waals surface area contributed by atoms with Crippen LogP contribution in [-0.2, 0) is 12.7 Å². The number of aromatic nitrogens is 4. The molecule has 0 fully saturated rings. The van der Waals surface area contributed by atoms with E-state index in [4.69, 9.17) is 0 Å². The van der Waals surface area contributed by atoms with Crippen LogP contribution in [0.25, 0.3) is 11.2 Å². The molecular formula is C16H13F3N4O. The fourth-order valence-corrected chi connectivity index (χ4v) is 2.47. The van der Waals surface area contributed by atoms with Gasteiger partial charge >= 0.3 is 6.18 Å². The van der Waals surface area contributed by atoms with Gasteiger partial charge in [0.2, 0.25) is 0 Å². The van der Waals surface area contributed by atoms with Crippen molar-refractivity contribution in [2.45, 2.75) is 26.6 Å². The number of alkyl halides is 3. The zero-order valence-corrected chi connectivity index (χ0v) is 12.9. The van der Waals surface area contributed by atoms with Crippen molar-refractivity contribution in [2.24, 2.45) is 0 Å². The largest absolute Gasteiger partial charge is 0.418 e. The molecule has 0 amide bonds. The first-order valence-corrected chi connectivity index (χ1v) is 7.12. The minimum absolute atomic E-state index is 0.234. The van der Waals surface area contributed by atoms with Crippen LogP contribution in [0.5, 0.6) is 0 Å². The monoisotopic (exact) mass is 334 g/mol. The predicted octanol–water partition coefficient (Wildman–Crippen LogP) is 2.87. The lowest BCUT2D eigenvalue weighted by molar-refractivity contribution is -0.138. The Morgan fingerprint density at radius 3 is 2.67 bits per heavy atom. The number of nitrogens with zero attached hydrogens (tertiary/aromatic N) is 4. The number of halogens is 3. The molecule has 0 radical (unpaired) electrons. The minimum Gasteiger partial charge on any atom is -0.285 e. The van der Waals surface area contributed by atoms with Crippen molar-refractivity contribution < 1.29 is 13.2 Å². The van der Waals surface area contributed by atoms with E-state index in [0.29, 0.717) is 16.8 Å². The first kappa shape index (κ1) is 16.1. The summed E-state index contributed by atoms with van der Waals surface area (Å²) in [5, 5.41) is 0. The fraction of sp³-hybridized carbons (Fsp3) is 0.250. The summed E-state index contributed by atoms with van der Waals surface area (Å²) < 4.78 is 40.6. The molecule has 0 aromatic carbocycles. The van der Waals surface area contributed by atoms with E-state index >= 15 is 0 Å². The molecule has 3 aromatic heterocycles. The Morgan fingerprint density at radius 2 is 1.96 bits per heavy atom. The first-order valence-electron chi connectivity index (χ1n) is 7.12. The third kappa shape index (κ3) is 2.86. The standard InChI is InChI=1S/C16H13F3N4O/c1-9-6-12-14(22-10(2)7-21-12)23(15(9)24)8-13-11(16(17,18)19)4-3-5-20-13/h3-7H,8H2,1-2H3. The highest BCUT2D eigenvalue weighted by molar-refractivity contribution is 5.70. The molecule has 0 saturated carbocycles. The second-order valence-electron chi connectivity index (χ2n) is 5.43. The number of fused-ring (bicyclic) bond motifs is 1. The Morgan fingerprint density at radius 1 is 1.21 bits per heavy atom. The zero-order valence-electron chi connectivity index (χ0n) is 12.9. The summed E-state index contributed by atoms with van der Waals surface area (Å²) in [6.07, 6.45) is -1.74. The van der Waals surface area contributed by atoms with Crippen molar-refractivity contribution in [3.63, 3.8) is 0 Å². The molecule has 0 saturated heterocycles. The summed E-state index contributed by atoms with van der Waals surface area (Å²) in [6, 6.07) is 3.74. The van der Waals surface area contributed by atoms with Gasteiger partial charge in [-0.2, -0.15) is 13.2 Å². The quantitative estimate of drug-likeness (QED) is 0.723. The van der Waals surface area contributed by atoms with Gasteiger partial charge in [-0.05, 0) is 32.0 Å². The van der Waals surface area contributed by atoms with Gasteiger partial charge < -0.3 is 0 Å².